The summed E-state index contributed by atoms with van der Waals surface area (Å²) in [6, 6.07) is 3.48. The Labute approximate surface area is 117 Å². The molecule has 0 aliphatic carbocycles. The lowest BCUT2D eigenvalue weighted by Crippen LogP contribution is -2.26. The Morgan fingerprint density at radius 2 is 2.11 bits per heavy atom. The summed E-state index contributed by atoms with van der Waals surface area (Å²) in [5, 5.41) is 2.75. The van der Waals surface area contributed by atoms with Crippen LogP contribution in [0.1, 0.15) is 25.3 Å². The van der Waals surface area contributed by atoms with Crippen molar-refractivity contribution in [1.82, 2.24) is 5.32 Å². The van der Waals surface area contributed by atoms with Gasteiger partial charge in [-0.15, -0.1) is 11.6 Å². The van der Waals surface area contributed by atoms with Crippen molar-refractivity contribution in [2.45, 2.75) is 26.2 Å². The van der Waals surface area contributed by atoms with E-state index in [1.165, 1.54) is 6.07 Å². The van der Waals surface area contributed by atoms with Crippen molar-refractivity contribution in [2.75, 3.05) is 12.4 Å². The average Bonchev–Trinajstić information content (AvgIpc) is 2.38. The van der Waals surface area contributed by atoms with Crippen molar-refractivity contribution in [3.8, 4) is 0 Å². The summed E-state index contributed by atoms with van der Waals surface area (Å²) in [5.74, 6) is -0.974. The van der Waals surface area contributed by atoms with E-state index in [2.05, 4.69) is 12.2 Å². The second kappa shape index (κ2) is 8.10. The fourth-order valence-electron chi connectivity index (χ4n) is 1.65. The van der Waals surface area contributed by atoms with E-state index in [9.17, 15) is 13.6 Å². The minimum absolute atomic E-state index is 0.0578. The van der Waals surface area contributed by atoms with Gasteiger partial charge in [-0.25, -0.2) is 8.78 Å². The molecule has 1 aromatic rings. The van der Waals surface area contributed by atoms with E-state index in [0.29, 0.717) is 23.9 Å². The Kier molecular flexibility index (Phi) is 6.78. The third-order valence-electron chi connectivity index (χ3n) is 2.81. The molecule has 1 rings (SSSR count). The molecule has 0 aliphatic heterocycles. The predicted molar refractivity (Wildman–Crippen MR) is 72.2 cm³/mol. The number of hydrogen-bond donors (Lipinski definition) is 1. The van der Waals surface area contributed by atoms with Crippen LogP contribution in [0.3, 0.4) is 0 Å². The molecular weight excluding hydrogens is 272 g/mol. The molecule has 2 nitrogen and oxygen atoms in total. The van der Waals surface area contributed by atoms with E-state index in [1.54, 1.807) is 0 Å². The highest BCUT2D eigenvalue weighted by Crippen LogP contribution is 2.09. The molecule has 0 bridgehead atoms. The van der Waals surface area contributed by atoms with Crippen molar-refractivity contribution < 1.29 is 13.6 Å². The van der Waals surface area contributed by atoms with E-state index in [1.807, 2.05) is 0 Å². The lowest BCUT2D eigenvalue weighted by molar-refractivity contribution is -0.120. The first-order chi connectivity index (χ1) is 9.02. The summed E-state index contributed by atoms with van der Waals surface area (Å²) in [6.07, 6.45) is 1.87. The number of carbonyl (C=O) groups excluding carboxylic acids is 1. The van der Waals surface area contributed by atoms with Gasteiger partial charge in [-0.1, -0.05) is 13.0 Å². The van der Waals surface area contributed by atoms with Gasteiger partial charge in [-0.05, 0) is 36.5 Å². The third-order valence-corrected chi connectivity index (χ3v) is 3.33. The minimum Gasteiger partial charge on any atom is -0.356 e. The fourth-order valence-corrected chi connectivity index (χ4v) is 1.81. The quantitative estimate of drug-likeness (QED) is 0.606. The van der Waals surface area contributed by atoms with Crippen LogP contribution >= 0.6 is 11.6 Å². The highest BCUT2D eigenvalue weighted by Gasteiger charge is 2.07. The van der Waals surface area contributed by atoms with Gasteiger partial charge >= 0.3 is 0 Å². The molecule has 1 amide bonds. The molecule has 19 heavy (non-hydrogen) atoms. The Hall–Kier alpha value is -1.16. The van der Waals surface area contributed by atoms with Gasteiger partial charge in [-0.3, -0.25) is 4.79 Å². The first kappa shape index (κ1) is 15.9. The molecule has 0 radical (unpaired) electrons. The molecule has 1 unspecified atom stereocenters. The maximum atomic E-state index is 12.9. The van der Waals surface area contributed by atoms with Gasteiger partial charge in [0.1, 0.15) is 0 Å². The zero-order chi connectivity index (χ0) is 14.3. The Bertz CT molecular complexity index is 426. The molecule has 106 valence electrons. The summed E-state index contributed by atoms with van der Waals surface area (Å²) in [7, 11) is 0. The van der Waals surface area contributed by atoms with Gasteiger partial charge < -0.3 is 5.32 Å². The smallest absolute Gasteiger partial charge is 0.224 e. The summed E-state index contributed by atoms with van der Waals surface area (Å²) in [4.78, 5) is 11.6. The van der Waals surface area contributed by atoms with Crippen LogP contribution < -0.4 is 5.32 Å². The SMILES string of the molecule is CC(CCl)CCCNC(=O)Cc1ccc(F)c(F)c1. The maximum absolute atomic E-state index is 12.9. The number of halogens is 3. The van der Waals surface area contributed by atoms with Crippen LogP contribution in [-0.4, -0.2) is 18.3 Å². The van der Waals surface area contributed by atoms with Crippen molar-refractivity contribution >= 4 is 17.5 Å². The van der Waals surface area contributed by atoms with Crippen LogP contribution in [0.25, 0.3) is 0 Å². The van der Waals surface area contributed by atoms with Gasteiger partial charge in [0.15, 0.2) is 11.6 Å². The Balaban J connectivity index is 2.29. The molecule has 0 aliphatic rings. The van der Waals surface area contributed by atoms with E-state index in [0.717, 1.165) is 25.0 Å². The summed E-state index contributed by atoms with van der Waals surface area (Å²) < 4.78 is 25.7. The van der Waals surface area contributed by atoms with Crippen LogP contribution in [0, 0.1) is 17.6 Å². The standard InChI is InChI=1S/C14H18ClF2NO/c1-10(9-15)3-2-6-18-14(19)8-11-4-5-12(16)13(17)7-11/h4-5,7,10H,2-3,6,8-9H2,1H3,(H,18,19). The molecule has 1 atom stereocenters. The molecule has 1 aromatic carbocycles. The molecular formula is C14H18ClF2NO. The van der Waals surface area contributed by atoms with Crippen LogP contribution in [0.15, 0.2) is 18.2 Å². The molecule has 0 saturated heterocycles. The van der Waals surface area contributed by atoms with E-state index in [4.69, 9.17) is 11.6 Å². The maximum Gasteiger partial charge on any atom is 0.224 e. The predicted octanol–water partition coefficient (Wildman–Crippen LogP) is 3.28. The average molecular weight is 290 g/mol. The van der Waals surface area contributed by atoms with Crippen molar-refractivity contribution in [3.63, 3.8) is 0 Å². The van der Waals surface area contributed by atoms with Crippen molar-refractivity contribution in [1.29, 1.82) is 0 Å². The van der Waals surface area contributed by atoms with Gasteiger partial charge in [0.05, 0.1) is 6.42 Å². The fraction of sp³-hybridized carbons (Fsp3) is 0.500. The summed E-state index contributed by atoms with van der Waals surface area (Å²) in [5.41, 5.74) is 0.463. The summed E-state index contributed by atoms with van der Waals surface area (Å²) in [6.45, 7) is 2.62. The van der Waals surface area contributed by atoms with Crippen LogP contribution in [-0.2, 0) is 11.2 Å². The number of carbonyl (C=O) groups is 1. The van der Waals surface area contributed by atoms with E-state index >= 15 is 0 Å². The first-order valence-electron chi connectivity index (χ1n) is 6.29. The highest BCUT2D eigenvalue weighted by molar-refractivity contribution is 6.18. The second-order valence-electron chi connectivity index (χ2n) is 4.68. The number of alkyl halides is 1. The van der Waals surface area contributed by atoms with Crippen molar-refractivity contribution in [2.24, 2.45) is 5.92 Å². The minimum atomic E-state index is -0.929. The molecule has 1 N–H and O–H groups in total. The second-order valence-corrected chi connectivity index (χ2v) is 4.99. The van der Waals surface area contributed by atoms with Gasteiger partial charge in [0.25, 0.3) is 0 Å². The summed E-state index contributed by atoms with van der Waals surface area (Å²) >= 11 is 5.67. The molecule has 0 saturated carbocycles. The van der Waals surface area contributed by atoms with E-state index < -0.39 is 11.6 Å². The zero-order valence-corrected chi connectivity index (χ0v) is 11.6. The Morgan fingerprint density at radius 3 is 2.74 bits per heavy atom. The molecule has 5 heteroatoms. The largest absolute Gasteiger partial charge is 0.356 e. The number of rotatable bonds is 7. The lowest BCUT2D eigenvalue weighted by Gasteiger charge is -2.08. The Morgan fingerprint density at radius 1 is 1.37 bits per heavy atom. The third kappa shape index (κ3) is 6.01. The topological polar surface area (TPSA) is 29.1 Å². The monoisotopic (exact) mass is 289 g/mol. The van der Waals surface area contributed by atoms with Crippen LogP contribution in [0.2, 0.25) is 0 Å². The van der Waals surface area contributed by atoms with Crippen molar-refractivity contribution in [3.05, 3.63) is 35.4 Å². The van der Waals surface area contributed by atoms with Gasteiger partial charge in [0, 0.05) is 12.4 Å². The molecule has 0 fully saturated rings. The van der Waals surface area contributed by atoms with Crippen LogP contribution in [0.4, 0.5) is 8.78 Å². The normalized spacial score (nSPS) is 12.2. The lowest BCUT2D eigenvalue weighted by atomic mass is 10.1. The van der Waals surface area contributed by atoms with Crippen LogP contribution in [0.5, 0.6) is 0 Å². The number of hydrogen-bond acceptors (Lipinski definition) is 1. The first-order valence-corrected chi connectivity index (χ1v) is 6.83. The van der Waals surface area contributed by atoms with E-state index in [-0.39, 0.29) is 12.3 Å². The number of benzene rings is 1. The number of nitrogens with one attached hydrogen (secondary N) is 1. The zero-order valence-electron chi connectivity index (χ0n) is 10.9. The molecule has 0 spiro atoms. The van der Waals surface area contributed by atoms with Gasteiger partial charge in [-0.2, -0.15) is 0 Å². The number of amides is 1. The van der Waals surface area contributed by atoms with Gasteiger partial charge in [0.2, 0.25) is 5.91 Å². The highest BCUT2D eigenvalue weighted by atomic mass is 35.5. The molecule has 0 aromatic heterocycles. The molecule has 0 heterocycles.